The lowest BCUT2D eigenvalue weighted by Crippen LogP contribution is -2.04. The van der Waals surface area contributed by atoms with Crippen molar-refractivity contribution in [3.63, 3.8) is 0 Å². The van der Waals surface area contributed by atoms with Gasteiger partial charge >= 0.3 is 6.01 Å². The lowest BCUT2D eigenvalue weighted by atomic mass is 10.2. The Morgan fingerprint density at radius 1 is 1.32 bits per heavy atom. The molecule has 3 rings (SSSR count). The van der Waals surface area contributed by atoms with Crippen LogP contribution in [0.15, 0.2) is 24.3 Å². The molecule has 6 heteroatoms. The molecule has 0 amide bonds. The number of rotatable bonds is 3. The fourth-order valence-electron chi connectivity index (χ4n) is 2.04. The highest BCUT2D eigenvalue weighted by Crippen LogP contribution is 2.26. The average Bonchev–Trinajstić information content (AvgIpc) is 2.87. The van der Waals surface area contributed by atoms with Gasteiger partial charge in [0.05, 0.1) is 12.8 Å². The maximum atomic E-state index is 13.2. The molecule has 0 radical (unpaired) electrons. The molecule has 2 aromatic rings. The smallest absolute Gasteiger partial charge is 0.318 e. The Balaban J connectivity index is 1.98. The summed E-state index contributed by atoms with van der Waals surface area (Å²) >= 11 is 0. The zero-order valence-corrected chi connectivity index (χ0v) is 10.4. The van der Waals surface area contributed by atoms with Gasteiger partial charge in [0, 0.05) is 24.3 Å². The van der Waals surface area contributed by atoms with Crippen molar-refractivity contribution in [2.24, 2.45) is 0 Å². The van der Waals surface area contributed by atoms with E-state index in [-0.39, 0.29) is 5.82 Å². The highest BCUT2D eigenvalue weighted by atomic mass is 19.1. The number of fused-ring (bicyclic) bond motifs is 1. The number of halogens is 1. The van der Waals surface area contributed by atoms with E-state index < -0.39 is 0 Å². The van der Waals surface area contributed by atoms with Gasteiger partial charge in [0.1, 0.15) is 11.6 Å². The first-order valence-electron chi connectivity index (χ1n) is 5.93. The first kappa shape index (κ1) is 11.9. The molecule has 5 nitrogen and oxygen atoms in total. The molecule has 0 bridgehead atoms. The van der Waals surface area contributed by atoms with Crippen molar-refractivity contribution in [1.82, 2.24) is 15.3 Å². The van der Waals surface area contributed by atoms with Crippen LogP contribution in [0.5, 0.6) is 6.01 Å². The predicted octanol–water partition coefficient (Wildman–Crippen LogP) is 1.97. The van der Waals surface area contributed by atoms with E-state index in [0.29, 0.717) is 30.6 Å². The third kappa shape index (κ3) is 2.34. The standard InChI is InChI=1S/C13H13FN4O/c1-19-13-17-11-7-15-6-10(11)12(18-13)16-9-4-2-3-8(14)5-9/h2-5,15H,6-7H2,1H3,(H,16,17,18). The lowest BCUT2D eigenvalue weighted by molar-refractivity contribution is 0.379. The minimum absolute atomic E-state index is 0.291. The zero-order chi connectivity index (χ0) is 13.2. The minimum Gasteiger partial charge on any atom is -0.467 e. The number of ether oxygens (including phenoxy) is 1. The number of methoxy groups -OCH3 is 1. The highest BCUT2D eigenvalue weighted by molar-refractivity contribution is 5.61. The molecule has 0 fully saturated rings. The van der Waals surface area contributed by atoms with Crippen LogP contribution in [0.2, 0.25) is 0 Å². The molecule has 0 unspecified atom stereocenters. The third-order valence-electron chi connectivity index (χ3n) is 2.94. The Morgan fingerprint density at radius 2 is 2.21 bits per heavy atom. The van der Waals surface area contributed by atoms with Crippen LogP contribution in [0, 0.1) is 5.82 Å². The summed E-state index contributed by atoms with van der Waals surface area (Å²) in [5.74, 6) is 0.359. The van der Waals surface area contributed by atoms with Crippen LogP contribution in [0.3, 0.4) is 0 Å². The van der Waals surface area contributed by atoms with Gasteiger partial charge in [-0.1, -0.05) is 6.07 Å². The number of anilines is 2. The van der Waals surface area contributed by atoms with Gasteiger partial charge in [0.2, 0.25) is 0 Å². The SMILES string of the molecule is COc1nc2c(c(Nc3cccc(F)c3)n1)CNC2. The average molecular weight is 260 g/mol. The summed E-state index contributed by atoms with van der Waals surface area (Å²) in [5, 5.41) is 6.31. The molecule has 1 aliphatic rings. The molecule has 1 aromatic carbocycles. The summed E-state index contributed by atoms with van der Waals surface area (Å²) in [7, 11) is 1.52. The monoisotopic (exact) mass is 260 g/mol. The molecule has 0 atom stereocenters. The molecule has 0 spiro atoms. The second kappa shape index (κ2) is 4.81. The van der Waals surface area contributed by atoms with E-state index in [1.165, 1.54) is 19.2 Å². The van der Waals surface area contributed by atoms with Crippen LogP contribution in [-0.4, -0.2) is 17.1 Å². The number of hydrogen-bond donors (Lipinski definition) is 2. The summed E-state index contributed by atoms with van der Waals surface area (Å²) < 4.78 is 18.3. The van der Waals surface area contributed by atoms with Gasteiger partial charge in [-0.15, -0.1) is 0 Å². The fourth-order valence-corrected chi connectivity index (χ4v) is 2.04. The van der Waals surface area contributed by atoms with Crippen molar-refractivity contribution < 1.29 is 9.13 Å². The molecule has 2 heterocycles. The Kier molecular flexibility index (Phi) is 3.00. The van der Waals surface area contributed by atoms with Crippen LogP contribution in [-0.2, 0) is 13.1 Å². The molecule has 1 aromatic heterocycles. The maximum Gasteiger partial charge on any atom is 0.318 e. The Morgan fingerprint density at radius 3 is 3.00 bits per heavy atom. The van der Waals surface area contributed by atoms with Crippen LogP contribution >= 0.6 is 0 Å². The number of aromatic nitrogens is 2. The molecule has 1 aliphatic heterocycles. The molecule has 0 saturated carbocycles. The van der Waals surface area contributed by atoms with Crippen LogP contribution in [0.4, 0.5) is 15.9 Å². The van der Waals surface area contributed by atoms with Crippen molar-refractivity contribution in [3.8, 4) is 6.01 Å². The van der Waals surface area contributed by atoms with E-state index >= 15 is 0 Å². The first-order chi connectivity index (χ1) is 9.26. The van der Waals surface area contributed by atoms with Gasteiger partial charge in [-0.05, 0) is 18.2 Å². The van der Waals surface area contributed by atoms with Crippen LogP contribution < -0.4 is 15.4 Å². The van der Waals surface area contributed by atoms with E-state index in [2.05, 4.69) is 20.6 Å². The number of nitrogens with one attached hydrogen (secondary N) is 2. The van der Waals surface area contributed by atoms with Crippen molar-refractivity contribution in [3.05, 3.63) is 41.3 Å². The molecular weight excluding hydrogens is 247 g/mol. The van der Waals surface area contributed by atoms with Crippen molar-refractivity contribution >= 4 is 11.5 Å². The summed E-state index contributed by atoms with van der Waals surface area (Å²) in [6.45, 7) is 1.38. The highest BCUT2D eigenvalue weighted by Gasteiger charge is 2.19. The normalized spacial score (nSPS) is 13.2. The topological polar surface area (TPSA) is 59.1 Å². The van der Waals surface area contributed by atoms with Gasteiger partial charge in [0.15, 0.2) is 0 Å². The first-order valence-corrected chi connectivity index (χ1v) is 5.93. The summed E-state index contributed by atoms with van der Waals surface area (Å²) in [6.07, 6.45) is 0. The maximum absolute atomic E-state index is 13.2. The van der Waals surface area contributed by atoms with Gasteiger partial charge in [-0.3, -0.25) is 0 Å². The van der Waals surface area contributed by atoms with E-state index in [4.69, 9.17) is 4.74 Å². The second-order valence-electron chi connectivity index (χ2n) is 4.22. The van der Waals surface area contributed by atoms with Crippen molar-refractivity contribution in [2.75, 3.05) is 12.4 Å². The molecule has 19 heavy (non-hydrogen) atoms. The molecule has 0 saturated heterocycles. The Bertz CT molecular complexity index is 618. The van der Waals surface area contributed by atoms with E-state index in [9.17, 15) is 4.39 Å². The van der Waals surface area contributed by atoms with Crippen LogP contribution in [0.1, 0.15) is 11.3 Å². The second-order valence-corrected chi connectivity index (χ2v) is 4.22. The lowest BCUT2D eigenvalue weighted by Gasteiger charge is -2.11. The summed E-state index contributed by atoms with van der Waals surface area (Å²) in [5.41, 5.74) is 2.55. The van der Waals surface area contributed by atoms with E-state index in [0.717, 1.165) is 11.3 Å². The predicted molar refractivity (Wildman–Crippen MR) is 68.8 cm³/mol. The molecule has 2 N–H and O–H groups in total. The minimum atomic E-state index is -0.291. The third-order valence-corrected chi connectivity index (χ3v) is 2.94. The van der Waals surface area contributed by atoms with Gasteiger partial charge in [0.25, 0.3) is 0 Å². The van der Waals surface area contributed by atoms with Crippen molar-refractivity contribution in [2.45, 2.75) is 13.1 Å². The fraction of sp³-hybridized carbons (Fsp3) is 0.231. The number of nitrogens with zero attached hydrogens (tertiary/aromatic N) is 2. The zero-order valence-electron chi connectivity index (χ0n) is 10.4. The van der Waals surface area contributed by atoms with Gasteiger partial charge < -0.3 is 15.4 Å². The Labute approximate surface area is 109 Å². The molecule has 98 valence electrons. The van der Waals surface area contributed by atoms with Crippen LogP contribution in [0.25, 0.3) is 0 Å². The van der Waals surface area contributed by atoms with Crippen molar-refractivity contribution in [1.29, 1.82) is 0 Å². The number of benzene rings is 1. The quantitative estimate of drug-likeness (QED) is 0.883. The molecular formula is C13H13FN4O. The summed E-state index contributed by atoms with van der Waals surface area (Å²) in [4.78, 5) is 8.56. The Hall–Kier alpha value is -2.21. The van der Waals surface area contributed by atoms with E-state index in [1.54, 1.807) is 12.1 Å². The number of hydrogen-bond acceptors (Lipinski definition) is 5. The van der Waals surface area contributed by atoms with E-state index in [1.807, 2.05) is 0 Å². The largest absolute Gasteiger partial charge is 0.467 e. The van der Waals surface area contributed by atoms with Gasteiger partial charge in [-0.2, -0.15) is 9.97 Å². The van der Waals surface area contributed by atoms with Gasteiger partial charge in [-0.25, -0.2) is 4.39 Å². The summed E-state index contributed by atoms with van der Waals surface area (Å²) in [6, 6.07) is 6.56. The molecule has 0 aliphatic carbocycles.